The van der Waals surface area contributed by atoms with Gasteiger partial charge < -0.3 is 20.9 Å². The van der Waals surface area contributed by atoms with Gasteiger partial charge in [0.05, 0.1) is 25.6 Å². The molecular formula is C8H11ClN2O2. The molecule has 0 aromatic heterocycles. The lowest BCUT2D eigenvalue weighted by atomic mass is 10.2. The zero-order chi connectivity index (χ0) is 10.0. The highest BCUT2D eigenvalue weighted by Gasteiger charge is 2.14. The van der Waals surface area contributed by atoms with E-state index in [9.17, 15) is 0 Å². The fourth-order valence-electron chi connectivity index (χ4n) is 0.984. The maximum Gasteiger partial charge on any atom is 0.181 e. The monoisotopic (exact) mass is 202 g/mol. The van der Waals surface area contributed by atoms with Gasteiger partial charge >= 0.3 is 0 Å². The Morgan fingerprint density at radius 3 is 2.31 bits per heavy atom. The molecule has 0 fully saturated rings. The lowest BCUT2D eigenvalue weighted by Gasteiger charge is -2.12. The maximum absolute atomic E-state index is 5.87. The van der Waals surface area contributed by atoms with Crippen LogP contribution in [-0.4, -0.2) is 14.2 Å². The van der Waals surface area contributed by atoms with Gasteiger partial charge in [-0.1, -0.05) is 11.6 Å². The van der Waals surface area contributed by atoms with E-state index < -0.39 is 0 Å². The van der Waals surface area contributed by atoms with Crippen LogP contribution >= 0.6 is 11.6 Å². The van der Waals surface area contributed by atoms with E-state index >= 15 is 0 Å². The van der Waals surface area contributed by atoms with Gasteiger partial charge in [0.25, 0.3) is 0 Å². The Kier molecular flexibility index (Phi) is 2.72. The lowest BCUT2D eigenvalue weighted by molar-refractivity contribution is 0.355. The Morgan fingerprint density at radius 2 is 1.85 bits per heavy atom. The number of nitrogens with two attached hydrogens (primary N) is 2. The van der Waals surface area contributed by atoms with E-state index in [1.807, 2.05) is 0 Å². The number of hydrogen-bond acceptors (Lipinski definition) is 4. The fraction of sp³-hybridized carbons (Fsp3) is 0.250. The number of hydrogen-bond donors (Lipinski definition) is 2. The Morgan fingerprint density at radius 1 is 1.23 bits per heavy atom. The van der Waals surface area contributed by atoms with Gasteiger partial charge in [0, 0.05) is 6.07 Å². The van der Waals surface area contributed by atoms with Gasteiger partial charge in [-0.05, 0) is 0 Å². The van der Waals surface area contributed by atoms with Crippen molar-refractivity contribution in [1.29, 1.82) is 0 Å². The fourth-order valence-corrected chi connectivity index (χ4v) is 1.26. The SMILES string of the molecule is COc1cc(N)c(N)c(Cl)c1OC. The van der Waals surface area contributed by atoms with Crippen LogP contribution in [0.3, 0.4) is 0 Å². The minimum absolute atomic E-state index is 0.277. The van der Waals surface area contributed by atoms with E-state index in [2.05, 4.69) is 0 Å². The third-order valence-corrected chi connectivity index (χ3v) is 2.06. The van der Waals surface area contributed by atoms with Crippen molar-refractivity contribution < 1.29 is 9.47 Å². The maximum atomic E-state index is 5.87. The second-order valence-electron chi connectivity index (χ2n) is 2.43. The van der Waals surface area contributed by atoms with E-state index in [0.717, 1.165) is 0 Å². The van der Waals surface area contributed by atoms with Crippen molar-refractivity contribution in [2.45, 2.75) is 0 Å². The highest BCUT2D eigenvalue weighted by molar-refractivity contribution is 6.35. The predicted octanol–water partition coefficient (Wildman–Crippen LogP) is 1.52. The number of halogens is 1. The minimum atomic E-state index is 0.277. The Hall–Kier alpha value is -1.29. The van der Waals surface area contributed by atoms with Crippen molar-refractivity contribution in [3.05, 3.63) is 11.1 Å². The van der Waals surface area contributed by atoms with E-state index in [-0.39, 0.29) is 5.02 Å². The second-order valence-corrected chi connectivity index (χ2v) is 2.81. The van der Waals surface area contributed by atoms with E-state index in [1.54, 1.807) is 6.07 Å². The highest BCUT2D eigenvalue weighted by Crippen LogP contribution is 2.42. The molecule has 0 aliphatic rings. The molecular weight excluding hydrogens is 192 g/mol. The van der Waals surface area contributed by atoms with Crippen LogP contribution in [0.1, 0.15) is 0 Å². The Balaban J connectivity index is 3.39. The van der Waals surface area contributed by atoms with Gasteiger partial charge in [0.2, 0.25) is 0 Å². The van der Waals surface area contributed by atoms with Gasteiger partial charge in [-0.25, -0.2) is 0 Å². The van der Waals surface area contributed by atoms with Gasteiger partial charge in [-0.15, -0.1) is 0 Å². The molecule has 0 radical (unpaired) electrons. The molecule has 0 bridgehead atoms. The third-order valence-electron chi connectivity index (χ3n) is 1.68. The summed E-state index contributed by atoms with van der Waals surface area (Å²) in [6.45, 7) is 0. The summed E-state index contributed by atoms with van der Waals surface area (Å²) in [5.74, 6) is 0.870. The summed E-state index contributed by atoms with van der Waals surface area (Å²) < 4.78 is 10.0. The van der Waals surface area contributed by atoms with Crippen LogP contribution in [0.5, 0.6) is 11.5 Å². The molecule has 1 rings (SSSR count). The normalized spacial score (nSPS) is 9.77. The number of benzene rings is 1. The molecule has 13 heavy (non-hydrogen) atoms. The van der Waals surface area contributed by atoms with Crippen molar-refractivity contribution in [3.8, 4) is 11.5 Å². The lowest BCUT2D eigenvalue weighted by Crippen LogP contribution is -1.99. The third kappa shape index (κ3) is 1.58. The van der Waals surface area contributed by atoms with Gasteiger partial charge in [-0.3, -0.25) is 0 Å². The van der Waals surface area contributed by atoms with Crippen molar-refractivity contribution in [3.63, 3.8) is 0 Å². The molecule has 1 aromatic rings. The molecule has 4 nitrogen and oxygen atoms in total. The first-order chi connectivity index (χ1) is 6.11. The van der Waals surface area contributed by atoms with Crippen LogP contribution in [0.2, 0.25) is 5.02 Å². The van der Waals surface area contributed by atoms with Crippen LogP contribution in [0.15, 0.2) is 6.07 Å². The predicted molar refractivity (Wildman–Crippen MR) is 53.4 cm³/mol. The molecule has 1 aromatic carbocycles. The standard InChI is InChI=1S/C8H11ClN2O2/c1-12-5-3-4(10)7(11)6(9)8(5)13-2/h3H,10-11H2,1-2H3. The van der Waals surface area contributed by atoms with Gasteiger partial charge in [0.15, 0.2) is 11.5 Å². The number of ether oxygens (including phenoxy) is 2. The summed E-state index contributed by atoms with van der Waals surface area (Å²) in [6.07, 6.45) is 0. The summed E-state index contributed by atoms with van der Waals surface area (Å²) in [5.41, 5.74) is 11.8. The number of rotatable bonds is 2. The molecule has 0 aliphatic carbocycles. The summed E-state index contributed by atoms with van der Waals surface area (Å²) in [5, 5.41) is 0.277. The first-order valence-electron chi connectivity index (χ1n) is 3.57. The van der Waals surface area contributed by atoms with Crippen LogP contribution in [0, 0.1) is 0 Å². The Bertz CT molecular complexity index is 328. The first kappa shape index (κ1) is 9.80. The summed E-state index contributed by atoms with van der Waals surface area (Å²) >= 11 is 5.87. The van der Waals surface area contributed by atoms with Crippen molar-refractivity contribution in [2.24, 2.45) is 0 Å². The largest absolute Gasteiger partial charge is 0.493 e. The molecule has 0 spiro atoms. The van der Waals surface area contributed by atoms with Gasteiger partial charge in [-0.2, -0.15) is 0 Å². The molecule has 0 saturated carbocycles. The zero-order valence-electron chi connectivity index (χ0n) is 7.43. The number of nitrogen functional groups attached to an aromatic ring is 2. The van der Waals surface area contributed by atoms with E-state index in [1.165, 1.54) is 14.2 Å². The van der Waals surface area contributed by atoms with Crippen LogP contribution in [0.4, 0.5) is 11.4 Å². The average Bonchev–Trinajstić information content (AvgIpc) is 2.13. The van der Waals surface area contributed by atoms with Crippen LogP contribution in [-0.2, 0) is 0 Å². The molecule has 0 heterocycles. The summed E-state index contributed by atoms with van der Waals surface area (Å²) in [7, 11) is 2.99. The summed E-state index contributed by atoms with van der Waals surface area (Å²) in [4.78, 5) is 0. The minimum Gasteiger partial charge on any atom is -0.493 e. The van der Waals surface area contributed by atoms with Crippen LogP contribution < -0.4 is 20.9 Å². The van der Waals surface area contributed by atoms with E-state index in [4.69, 9.17) is 32.5 Å². The quantitative estimate of drug-likeness (QED) is 0.714. The van der Waals surface area contributed by atoms with Crippen molar-refractivity contribution >= 4 is 23.0 Å². The van der Waals surface area contributed by atoms with Crippen LogP contribution in [0.25, 0.3) is 0 Å². The molecule has 4 N–H and O–H groups in total. The highest BCUT2D eigenvalue weighted by atomic mass is 35.5. The molecule has 0 unspecified atom stereocenters. The molecule has 72 valence electrons. The average molecular weight is 203 g/mol. The van der Waals surface area contributed by atoms with E-state index in [0.29, 0.717) is 22.9 Å². The summed E-state index contributed by atoms with van der Waals surface area (Å²) in [6, 6.07) is 1.57. The zero-order valence-corrected chi connectivity index (χ0v) is 8.18. The molecule has 0 atom stereocenters. The second kappa shape index (κ2) is 3.62. The molecule has 0 aliphatic heterocycles. The first-order valence-corrected chi connectivity index (χ1v) is 3.95. The molecule has 0 amide bonds. The topological polar surface area (TPSA) is 70.5 Å². The number of anilines is 2. The Labute approximate surface area is 81.4 Å². The smallest absolute Gasteiger partial charge is 0.181 e. The number of methoxy groups -OCH3 is 2. The molecule has 5 heteroatoms. The van der Waals surface area contributed by atoms with Crippen molar-refractivity contribution in [1.82, 2.24) is 0 Å². The molecule has 0 saturated heterocycles. The van der Waals surface area contributed by atoms with Gasteiger partial charge in [0.1, 0.15) is 5.02 Å². The van der Waals surface area contributed by atoms with Crippen molar-refractivity contribution in [2.75, 3.05) is 25.7 Å².